The van der Waals surface area contributed by atoms with E-state index >= 15 is 0 Å². The molecule has 108 valence electrons. The van der Waals surface area contributed by atoms with Crippen LogP contribution in [0.2, 0.25) is 0 Å². The molecular formula is C19H32. The second-order valence-corrected chi connectivity index (χ2v) is 8.76. The summed E-state index contributed by atoms with van der Waals surface area (Å²) < 4.78 is 0. The van der Waals surface area contributed by atoms with Crippen LogP contribution >= 0.6 is 0 Å². The SMILES string of the molecule is C[C@@H]1CC[C@@H]2[C@H]1CC[C@H]1[C@H]2CC[C@H]2CCCC[C@@]21C. The summed E-state index contributed by atoms with van der Waals surface area (Å²) in [5.74, 6) is 6.63. The number of hydrogen-bond acceptors (Lipinski definition) is 0. The molecule has 0 radical (unpaired) electrons. The highest BCUT2D eigenvalue weighted by atomic mass is 14.6. The molecule has 0 saturated heterocycles. The van der Waals surface area contributed by atoms with Gasteiger partial charge >= 0.3 is 0 Å². The van der Waals surface area contributed by atoms with Gasteiger partial charge in [0.2, 0.25) is 0 Å². The van der Waals surface area contributed by atoms with E-state index in [4.69, 9.17) is 0 Å². The van der Waals surface area contributed by atoms with E-state index in [2.05, 4.69) is 13.8 Å². The normalized spacial score (nSPS) is 57.2. The van der Waals surface area contributed by atoms with E-state index in [0.29, 0.717) is 0 Å². The van der Waals surface area contributed by atoms with Gasteiger partial charge in [-0.25, -0.2) is 0 Å². The first-order chi connectivity index (χ1) is 9.20. The molecule has 4 saturated carbocycles. The maximum atomic E-state index is 2.70. The number of fused-ring (bicyclic) bond motifs is 5. The molecule has 0 heteroatoms. The fourth-order valence-electron chi connectivity index (χ4n) is 7.24. The molecule has 0 aromatic carbocycles. The summed E-state index contributed by atoms with van der Waals surface area (Å²) >= 11 is 0. The van der Waals surface area contributed by atoms with Crippen molar-refractivity contribution < 1.29 is 0 Å². The van der Waals surface area contributed by atoms with Crippen molar-refractivity contribution in [3.05, 3.63) is 0 Å². The highest BCUT2D eigenvalue weighted by Gasteiger charge is 2.54. The monoisotopic (exact) mass is 260 g/mol. The third-order valence-electron chi connectivity index (χ3n) is 8.26. The minimum atomic E-state index is 0.748. The van der Waals surface area contributed by atoms with E-state index in [0.717, 1.165) is 40.9 Å². The van der Waals surface area contributed by atoms with Crippen LogP contribution in [0.3, 0.4) is 0 Å². The van der Waals surface area contributed by atoms with Crippen LogP contribution in [0, 0.1) is 40.9 Å². The van der Waals surface area contributed by atoms with E-state index in [1.54, 1.807) is 51.4 Å². The first-order valence-electron chi connectivity index (χ1n) is 9.20. The summed E-state index contributed by atoms with van der Waals surface area (Å²) in [6.07, 6.45) is 15.6. The third-order valence-corrected chi connectivity index (χ3v) is 8.26. The molecule has 0 amide bonds. The van der Waals surface area contributed by atoms with Gasteiger partial charge in [-0.15, -0.1) is 0 Å². The Bertz CT molecular complexity index is 346. The summed E-state index contributed by atoms with van der Waals surface area (Å²) in [6.45, 7) is 5.24. The molecule has 4 aliphatic rings. The third kappa shape index (κ3) is 1.77. The van der Waals surface area contributed by atoms with Gasteiger partial charge in [-0.05, 0) is 85.9 Å². The maximum Gasteiger partial charge on any atom is -0.0266 e. The van der Waals surface area contributed by atoms with Gasteiger partial charge in [0.15, 0.2) is 0 Å². The lowest BCUT2D eigenvalue weighted by atomic mass is 9.47. The second-order valence-electron chi connectivity index (χ2n) is 8.76. The minimum absolute atomic E-state index is 0.748. The Kier molecular flexibility index (Phi) is 3.01. The summed E-state index contributed by atoms with van der Waals surface area (Å²) in [7, 11) is 0. The predicted molar refractivity (Wildman–Crippen MR) is 80.9 cm³/mol. The van der Waals surface area contributed by atoms with E-state index in [1.165, 1.54) is 12.8 Å². The van der Waals surface area contributed by atoms with Gasteiger partial charge in [0.1, 0.15) is 0 Å². The molecule has 0 heterocycles. The molecule has 0 N–H and O–H groups in total. The minimum Gasteiger partial charge on any atom is -0.0622 e. The first kappa shape index (κ1) is 12.7. The fraction of sp³-hybridized carbons (Fsp3) is 1.00. The lowest BCUT2D eigenvalue weighted by Crippen LogP contribution is -2.50. The molecule has 4 fully saturated rings. The fourth-order valence-corrected chi connectivity index (χ4v) is 7.24. The van der Waals surface area contributed by atoms with Crippen molar-refractivity contribution in [1.29, 1.82) is 0 Å². The highest BCUT2D eigenvalue weighted by molar-refractivity contribution is 5.04. The standard InChI is InChI=1S/C19H32/c1-13-6-8-16-15(13)10-11-18-17(16)9-7-14-5-3-4-12-19(14,18)2/h13-18H,3-12H2,1-2H3/t13-,14-,15+,16-,17+,18+,19+/m1/s1. The van der Waals surface area contributed by atoms with Crippen LogP contribution in [0.4, 0.5) is 0 Å². The Balaban J connectivity index is 1.61. The Morgan fingerprint density at radius 2 is 1.53 bits per heavy atom. The smallest absolute Gasteiger partial charge is 0.0266 e. The van der Waals surface area contributed by atoms with Crippen LogP contribution < -0.4 is 0 Å². The van der Waals surface area contributed by atoms with Crippen LogP contribution in [0.25, 0.3) is 0 Å². The quantitative estimate of drug-likeness (QED) is 0.527. The van der Waals surface area contributed by atoms with Crippen molar-refractivity contribution in [2.45, 2.75) is 78.1 Å². The van der Waals surface area contributed by atoms with Crippen molar-refractivity contribution in [1.82, 2.24) is 0 Å². The second kappa shape index (κ2) is 4.50. The Labute approximate surface area is 119 Å². The zero-order chi connectivity index (χ0) is 13.0. The van der Waals surface area contributed by atoms with E-state index in [1.807, 2.05) is 0 Å². The Morgan fingerprint density at radius 1 is 0.737 bits per heavy atom. The zero-order valence-corrected chi connectivity index (χ0v) is 13.0. The Hall–Kier alpha value is 0. The van der Waals surface area contributed by atoms with E-state index < -0.39 is 0 Å². The van der Waals surface area contributed by atoms with Crippen molar-refractivity contribution in [2.75, 3.05) is 0 Å². The molecule has 0 spiro atoms. The Morgan fingerprint density at radius 3 is 2.42 bits per heavy atom. The van der Waals surface area contributed by atoms with Gasteiger partial charge in [0.25, 0.3) is 0 Å². The van der Waals surface area contributed by atoms with Gasteiger partial charge < -0.3 is 0 Å². The molecular weight excluding hydrogens is 228 g/mol. The summed E-state index contributed by atoms with van der Waals surface area (Å²) in [6, 6.07) is 0. The lowest BCUT2D eigenvalue weighted by Gasteiger charge is -2.58. The van der Waals surface area contributed by atoms with Gasteiger partial charge in [0.05, 0.1) is 0 Å². The summed E-state index contributed by atoms with van der Waals surface area (Å²) in [5, 5.41) is 0. The van der Waals surface area contributed by atoms with Crippen LogP contribution in [0.15, 0.2) is 0 Å². The van der Waals surface area contributed by atoms with Crippen molar-refractivity contribution in [3.63, 3.8) is 0 Å². The molecule has 0 aromatic rings. The average molecular weight is 260 g/mol. The van der Waals surface area contributed by atoms with Crippen molar-refractivity contribution in [2.24, 2.45) is 40.9 Å². The van der Waals surface area contributed by atoms with Gasteiger partial charge in [-0.2, -0.15) is 0 Å². The van der Waals surface area contributed by atoms with E-state index in [-0.39, 0.29) is 0 Å². The summed E-state index contributed by atoms with van der Waals surface area (Å²) in [5.41, 5.74) is 0.748. The maximum absolute atomic E-state index is 2.70. The molecule has 4 aliphatic carbocycles. The highest BCUT2D eigenvalue weighted by Crippen LogP contribution is 2.63. The molecule has 7 atom stereocenters. The predicted octanol–water partition coefficient (Wildman–Crippen LogP) is 5.67. The molecule has 4 rings (SSSR count). The number of hydrogen-bond donors (Lipinski definition) is 0. The molecule has 0 nitrogen and oxygen atoms in total. The van der Waals surface area contributed by atoms with Crippen LogP contribution in [0.1, 0.15) is 78.1 Å². The van der Waals surface area contributed by atoms with Crippen molar-refractivity contribution in [3.8, 4) is 0 Å². The van der Waals surface area contributed by atoms with Gasteiger partial charge in [-0.3, -0.25) is 0 Å². The largest absolute Gasteiger partial charge is 0.0622 e. The van der Waals surface area contributed by atoms with Crippen LogP contribution in [-0.2, 0) is 0 Å². The van der Waals surface area contributed by atoms with Crippen LogP contribution in [0.5, 0.6) is 0 Å². The van der Waals surface area contributed by atoms with Gasteiger partial charge in [-0.1, -0.05) is 33.1 Å². The molecule has 0 bridgehead atoms. The van der Waals surface area contributed by atoms with Gasteiger partial charge in [0, 0.05) is 0 Å². The zero-order valence-electron chi connectivity index (χ0n) is 13.0. The molecule has 0 unspecified atom stereocenters. The summed E-state index contributed by atoms with van der Waals surface area (Å²) in [4.78, 5) is 0. The van der Waals surface area contributed by atoms with Crippen LogP contribution in [-0.4, -0.2) is 0 Å². The van der Waals surface area contributed by atoms with E-state index in [9.17, 15) is 0 Å². The number of rotatable bonds is 0. The average Bonchev–Trinajstić information content (AvgIpc) is 2.80. The molecule has 0 aliphatic heterocycles. The molecule has 0 aromatic heterocycles. The lowest BCUT2D eigenvalue weighted by molar-refractivity contribution is -0.0863. The molecule has 19 heavy (non-hydrogen) atoms. The van der Waals surface area contributed by atoms with Crippen molar-refractivity contribution >= 4 is 0 Å². The first-order valence-corrected chi connectivity index (χ1v) is 9.20. The topological polar surface area (TPSA) is 0 Å².